The van der Waals surface area contributed by atoms with E-state index >= 15 is 0 Å². The van der Waals surface area contributed by atoms with Crippen molar-refractivity contribution in [1.82, 2.24) is 5.32 Å². The molecule has 2 aromatic rings. The SMILES string of the molecule is O=C(NC1(C(=O)O)CCOCC1)c1cc(Br)cc2ccccc12. The Balaban J connectivity index is 1.98. The minimum Gasteiger partial charge on any atom is -0.480 e. The lowest BCUT2D eigenvalue weighted by Crippen LogP contribution is -2.57. The maximum absolute atomic E-state index is 12.8. The highest BCUT2D eigenvalue weighted by atomic mass is 79.9. The molecule has 0 bridgehead atoms. The molecule has 5 nitrogen and oxygen atoms in total. The molecular formula is C17H16BrNO4. The summed E-state index contributed by atoms with van der Waals surface area (Å²) < 4.78 is 6.01. The number of carboxylic acids is 1. The lowest BCUT2D eigenvalue weighted by Gasteiger charge is -2.34. The van der Waals surface area contributed by atoms with Crippen molar-refractivity contribution in [2.75, 3.05) is 13.2 Å². The van der Waals surface area contributed by atoms with Crippen molar-refractivity contribution in [2.45, 2.75) is 18.4 Å². The minimum atomic E-state index is -1.27. The topological polar surface area (TPSA) is 75.6 Å². The molecule has 6 heteroatoms. The van der Waals surface area contributed by atoms with Gasteiger partial charge in [0.15, 0.2) is 0 Å². The molecule has 1 aliphatic rings. The van der Waals surface area contributed by atoms with Crippen LogP contribution in [-0.4, -0.2) is 35.7 Å². The van der Waals surface area contributed by atoms with Gasteiger partial charge >= 0.3 is 5.97 Å². The smallest absolute Gasteiger partial charge is 0.329 e. The van der Waals surface area contributed by atoms with Gasteiger partial charge in [0.1, 0.15) is 5.54 Å². The molecule has 0 atom stereocenters. The van der Waals surface area contributed by atoms with Crippen LogP contribution in [0.3, 0.4) is 0 Å². The van der Waals surface area contributed by atoms with Crippen LogP contribution in [0.5, 0.6) is 0 Å². The number of carboxylic acid groups (broad SMARTS) is 1. The zero-order chi connectivity index (χ0) is 16.4. The molecule has 3 rings (SSSR count). The standard InChI is InChI=1S/C17H16BrNO4/c18-12-9-11-3-1-2-4-13(11)14(10-12)15(20)19-17(16(21)22)5-7-23-8-6-17/h1-4,9-10H,5-8H2,(H,19,20)(H,21,22). The Hall–Kier alpha value is -1.92. The van der Waals surface area contributed by atoms with E-state index < -0.39 is 11.5 Å². The Bertz CT molecular complexity index is 768. The Morgan fingerprint density at radius 2 is 1.87 bits per heavy atom. The molecule has 1 fully saturated rings. The molecule has 0 radical (unpaired) electrons. The third-order valence-electron chi connectivity index (χ3n) is 4.18. The van der Waals surface area contributed by atoms with Crippen LogP contribution in [0.4, 0.5) is 0 Å². The Morgan fingerprint density at radius 1 is 1.17 bits per heavy atom. The zero-order valence-corrected chi connectivity index (χ0v) is 13.9. The molecule has 0 aromatic heterocycles. The van der Waals surface area contributed by atoms with Gasteiger partial charge in [0.05, 0.1) is 0 Å². The van der Waals surface area contributed by atoms with Gasteiger partial charge in [-0.2, -0.15) is 0 Å². The van der Waals surface area contributed by atoms with Crippen LogP contribution < -0.4 is 5.32 Å². The van der Waals surface area contributed by atoms with Gasteiger partial charge in [-0.1, -0.05) is 40.2 Å². The van der Waals surface area contributed by atoms with Crippen molar-refractivity contribution < 1.29 is 19.4 Å². The summed E-state index contributed by atoms with van der Waals surface area (Å²) in [6.07, 6.45) is 0.528. The normalized spacial score (nSPS) is 16.9. The number of fused-ring (bicyclic) bond motifs is 1. The number of hydrogen-bond acceptors (Lipinski definition) is 3. The molecular weight excluding hydrogens is 362 g/mol. The summed E-state index contributed by atoms with van der Waals surface area (Å²) in [4.78, 5) is 24.4. The summed E-state index contributed by atoms with van der Waals surface area (Å²) in [5, 5.41) is 14.0. The van der Waals surface area contributed by atoms with E-state index in [0.717, 1.165) is 15.2 Å². The number of carbonyl (C=O) groups is 2. The van der Waals surface area contributed by atoms with Gasteiger partial charge in [0.25, 0.3) is 5.91 Å². The van der Waals surface area contributed by atoms with Gasteiger partial charge in [0.2, 0.25) is 0 Å². The van der Waals surface area contributed by atoms with E-state index in [2.05, 4.69) is 21.2 Å². The van der Waals surface area contributed by atoms with Crippen molar-refractivity contribution in [3.05, 3.63) is 46.4 Å². The summed E-state index contributed by atoms with van der Waals surface area (Å²) in [5.41, 5.74) is -0.805. The van der Waals surface area contributed by atoms with E-state index in [9.17, 15) is 14.7 Å². The molecule has 1 amide bonds. The molecule has 1 heterocycles. The van der Waals surface area contributed by atoms with E-state index in [1.54, 1.807) is 6.07 Å². The molecule has 1 saturated heterocycles. The average molecular weight is 378 g/mol. The predicted molar refractivity (Wildman–Crippen MR) is 89.5 cm³/mol. The first-order valence-corrected chi connectivity index (χ1v) is 8.13. The van der Waals surface area contributed by atoms with Gasteiger partial charge in [-0.05, 0) is 22.9 Å². The maximum Gasteiger partial charge on any atom is 0.329 e. The second-order valence-corrected chi connectivity index (χ2v) is 6.54. The van der Waals surface area contributed by atoms with Crippen LogP contribution in [0.25, 0.3) is 10.8 Å². The summed E-state index contributed by atoms with van der Waals surface area (Å²) in [7, 11) is 0. The van der Waals surface area contributed by atoms with E-state index in [1.807, 2.05) is 30.3 Å². The van der Waals surface area contributed by atoms with Crippen LogP contribution in [0.15, 0.2) is 40.9 Å². The monoisotopic (exact) mass is 377 g/mol. The van der Waals surface area contributed by atoms with Gasteiger partial charge < -0.3 is 15.2 Å². The average Bonchev–Trinajstić information content (AvgIpc) is 2.54. The molecule has 0 spiro atoms. The zero-order valence-electron chi connectivity index (χ0n) is 12.3. The Kier molecular flexibility index (Phi) is 4.37. The fraction of sp³-hybridized carbons (Fsp3) is 0.294. The third kappa shape index (κ3) is 3.09. The minimum absolute atomic E-state index is 0.264. The van der Waals surface area contributed by atoms with Crippen molar-refractivity contribution >= 4 is 38.6 Å². The second-order valence-electron chi connectivity index (χ2n) is 5.63. The fourth-order valence-corrected chi connectivity index (χ4v) is 3.33. The largest absolute Gasteiger partial charge is 0.480 e. The summed E-state index contributed by atoms with van der Waals surface area (Å²) >= 11 is 3.40. The highest BCUT2D eigenvalue weighted by molar-refractivity contribution is 9.10. The fourth-order valence-electron chi connectivity index (χ4n) is 2.86. The molecule has 2 N–H and O–H groups in total. The summed E-state index contributed by atoms with van der Waals surface area (Å²) in [6, 6.07) is 11.2. The first-order chi connectivity index (χ1) is 11.0. The van der Waals surface area contributed by atoms with E-state index in [0.29, 0.717) is 18.8 Å². The number of benzene rings is 2. The Labute approximate surface area is 141 Å². The number of nitrogens with one attached hydrogen (secondary N) is 1. The number of aliphatic carboxylic acids is 1. The number of hydrogen-bond donors (Lipinski definition) is 2. The van der Waals surface area contributed by atoms with Crippen LogP contribution >= 0.6 is 15.9 Å². The molecule has 0 aliphatic carbocycles. The van der Waals surface area contributed by atoms with Gasteiger partial charge in [-0.15, -0.1) is 0 Å². The van der Waals surface area contributed by atoms with Gasteiger partial charge in [0, 0.05) is 36.1 Å². The summed E-state index contributed by atoms with van der Waals surface area (Å²) in [6.45, 7) is 0.650. The van der Waals surface area contributed by atoms with Crippen LogP contribution in [-0.2, 0) is 9.53 Å². The number of halogens is 1. The first-order valence-electron chi connectivity index (χ1n) is 7.34. The maximum atomic E-state index is 12.8. The number of rotatable bonds is 3. The van der Waals surface area contributed by atoms with Crippen LogP contribution in [0.1, 0.15) is 23.2 Å². The second kappa shape index (κ2) is 6.29. The Morgan fingerprint density at radius 3 is 2.57 bits per heavy atom. The van der Waals surface area contributed by atoms with Crippen molar-refractivity contribution in [2.24, 2.45) is 0 Å². The molecule has 0 saturated carbocycles. The van der Waals surface area contributed by atoms with Crippen molar-refractivity contribution in [1.29, 1.82) is 0 Å². The molecule has 2 aromatic carbocycles. The van der Waals surface area contributed by atoms with E-state index in [1.165, 1.54) is 0 Å². The molecule has 23 heavy (non-hydrogen) atoms. The van der Waals surface area contributed by atoms with E-state index in [4.69, 9.17) is 4.74 Å². The quantitative estimate of drug-likeness (QED) is 0.861. The summed E-state index contributed by atoms with van der Waals surface area (Å²) in [5.74, 6) is -1.40. The van der Waals surface area contributed by atoms with Crippen LogP contribution in [0, 0.1) is 0 Å². The predicted octanol–water partition coefficient (Wildman–Crippen LogP) is 2.97. The highest BCUT2D eigenvalue weighted by Gasteiger charge is 2.41. The highest BCUT2D eigenvalue weighted by Crippen LogP contribution is 2.26. The molecule has 120 valence electrons. The van der Waals surface area contributed by atoms with Crippen molar-refractivity contribution in [3.8, 4) is 0 Å². The van der Waals surface area contributed by atoms with Gasteiger partial charge in [-0.25, -0.2) is 4.79 Å². The molecule has 0 unspecified atom stereocenters. The number of ether oxygens (including phenoxy) is 1. The lowest BCUT2D eigenvalue weighted by molar-refractivity contribution is -0.148. The third-order valence-corrected chi connectivity index (χ3v) is 4.64. The molecule has 1 aliphatic heterocycles. The van der Waals surface area contributed by atoms with Gasteiger partial charge in [-0.3, -0.25) is 4.79 Å². The number of amides is 1. The van der Waals surface area contributed by atoms with Crippen molar-refractivity contribution in [3.63, 3.8) is 0 Å². The van der Waals surface area contributed by atoms with Crippen LogP contribution in [0.2, 0.25) is 0 Å². The lowest BCUT2D eigenvalue weighted by atomic mass is 9.89. The van der Waals surface area contributed by atoms with E-state index in [-0.39, 0.29) is 18.7 Å². The first kappa shape index (κ1) is 16.0. The number of carbonyl (C=O) groups excluding carboxylic acids is 1.